The maximum absolute atomic E-state index is 13.7. The van der Waals surface area contributed by atoms with E-state index in [2.05, 4.69) is 69.3 Å². The number of nitrogens with zero attached hydrogens (tertiary/aromatic N) is 2. The van der Waals surface area contributed by atoms with Gasteiger partial charge in [-0.05, 0) is 91.8 Å². The molecule has 9 rings (SSSR count). The molecule has 0 atom stereocenters. The summed E-state index contributed by atoms with van der Waals surface area (Å²) in [5.74, 6) is -0.350. The summed E-state index contributed by atoms with van der Waals surface area (Å²) in [6, 6.07) is 21.5. The fourth-order valence-electron chi connectivity index (χ4n) is 7.97. The smallest absolute Gasteiger partial charge is 0.261 e. The van der Waals surface area contributed by atoms with Gasteiger partial charge in [-0.3, -0.25) is 19.5 Å². The first-order valence-electron chi connectivity index (χ1n) is 15.0. The molecule has 0 saturated carbocycles. The molecule has 0 unspecified atom stereocenters. The molecule has 8 aromatic rings. The number of amides is 2. The van der Waals surface area contributed by atoms with Gasteiger partial charge in [-0.15, -0.1) is 0 Å². The average Bonchev–Trinajstić information content (AvgIpc) is 3.01. The molecule has 202 valence electrons. The first-order chi connectivity index (χ1) is 20.5. The van der Waals surface area contributed by atoms with Crippen molar-refractivity contribution in [3.63, 3.8) is 0 Å². The van der Waals surface area contributed by atoms with E-state index in [9.17, 15) is 9.59 Å². The minimum atomic E-state index is -0.175. The maximum atomic E-state index is 13.7. The summed E-state index contributed by atoms with van der Waals surface area (Å²) in [6.07, 6.45) is 4.91. The second kappa shape index (κ2) is 8.13. The molecule has 0 aliphatic carbocycles. The van der Waals surface area contributed by atoms with Crippen LogP contribution in [0.2, 0.25) is 0 Å². The fraction of sp³-hybridized carbons (Fsp3) is 0.184. The average molecular weight is 545 g/mol. The van der Waals surface area contributed by atoms with Crippen molar-refractivity contribution < 1.29 is 9.59 Å². The minimum Gasteiger partial charge on any atom is -0.274 e. The third-order valence-corrected chi connectivity index (χ3v) is 9.85. The van der Waals surface area contributed by atoms with Crippen LogP contribution in [0.25, 0.3) is 75.4 Å². The van der Waals surface area contributed by atoms with Crippen molar-refractivity contribution in [2.24, 2.45) is 0 Å². The number of aryl methyl sites for hydroxylation is 2. The second-order valence-corrected chi connectivity index (χ2v) is 12.0. The summed E-state index contributed by atoms with van der Waals surface area (Å²) in [5, 5.41) is 16.2. The normalized spacial score (nSPS) is 14.0. The van der Waals surface area contributed by atoms with E-state index < -0.39 is 0 Å². The van der Waals surface area contributed by atoms with Crippen molar-refractivity contribution in [1.29, 1.82) is 0 Å². The molecular weight excluding hydrogens is 516 g/mol. The number of rotatable bonds is 4. The van der Waals surface area contributed by atoms with E-state index in [1.165, 1.54) is 53.6 Å². The molecular formula is C38H28N2O2. The summed E-state index contributed by atoms with van der Waals surface area (Å²) in [4.78, 5) is 33.6. The van der Waals surface area contributed by atoms with Crippen LogP contribution in [-0.2, 0) is 0 Å². The SMILES string of the molecule is CCCCCN1C(=O)c2ccc3c4ccc5c6ccc(C)c7c(C)ncc(c8ccc(c9ccc(c2c39)C1=O)c4c58)c76. The van der Waals surface area contributed by atoms with Crippen LogP contribution in [0, 0.1) is 13.8 Å². The van der Waals surface area contributed by atoms with E-state index in [0.29, 0.717) is 17.7 Å². The van der Waals surface area contributed by atoms with Crippen molar-refractivity contribution in [3.8, 4) is 0 Å². The molecule has 0 spiro atoms. The van der Waals surface area contributed by atoms with E-state index in [1.54, 1.807) is 0 Å². The van der Waals surface area contributed by atoms with Gasteiger partial charge in [-0.2, -0.15) is 0 Å². The highest BCUT2D eigenvalue weighted by molar-refractivity contribution is 6.44. The molecule has 0 N–H and O–H groups in total. The summed E-state index contributed by atoms with van der Waals surface area (Å²) >= 11 is 0. The number of imide groups is 1. The lowest BCUT2D eigenvalue weighted by Gasteiger charge is -2.28. The van der Waals surface area contributed by atoms with E-state index in [-0.39, 0.29) is 11.8 Å². The standard InChI is InChI=1S/C38H28N2O2/c1-4-5-6-17-40-37(41)28-15-13-25-23-10-9-22-21-8-7-19(2)31-20(3)39-18-30(35(21)31)27-12-11-24(32(23)34(22)27)26-14-16-29(38(40)42)36(28)33(25)26/h7-16,18H,4-6,17H2,1-3H3. The Kier molecular flexibility index (Phi) is 4.62. The molecule has 1 aliphatic heterocycles. The number of carbonyl (C=O) groups is 2. The predicted octanol–water partition coefficient (Wildman–Crippen LogP) is 9.43. The van der Waals surface area contributed by atoms with E-state index >= 15 is 0 Å². The zero-order valence-corrected chi connectivity index (χ0v) is 23.9. The van der Waals surface area contributed by atoms with E-state index in [1.807, 2.05) is 18.3 Å². The van der Waals surface area contributed by atoms with Gasteiger partial charge in [0, 0.05) is 51.1 Å². The first-order valence-corrected chi connectivity index (χ1v) is 15.0. The van der Waals surface area contributed by atoms with Gasteiger partial charge in [0.15, 0.2) is 0 Å². The molecule has 7 aromatic carbocycles. The Labute approximate surface area is 242 Å². The van der Waals surface area contributed by atoms with Crippen LogP contribution in [0.3, 0.4) is 0 Å². The Morgan fingerprint density at radius 2 is 1.00 bits per heavy atom. The zero-order valence-electron chi connectivity index (χ0n) is 23.9. The number of hydrogen-bond donors (Lipinski definition) is 0. The van der Waals surface area contributed by atoms with Crippen molar-refractivity contribution in [1.82, 2.24) is 9.88 Å². The number of benzene rings is 7. The number of hydrogen-bond acceptors (Lipinski definition) is 3. The lowest BCUT2D eigenvalue weighted by Crippen LogP contribution is -2.40. The highest BCUT2D eigenvalue weighted by Gasteiger charge is 2.34. The Balaban J connectivity index is 1.42. The van der Waals surface area contributed by atoms with Gasteiger partial charge in [0.25, 0.3) is 11.8 Å². The van der Waals surface area contributed by atoms with Crippen molar-refractivity contribution >= 4 is 87.2 Å². The topological polar surface area (TPSA) is 50.3 Å². The quantitative estimate of drug-likeness (QED) is 0.0960. The van der Waals surface area contributed by atoms with Crippen molar-refractivity contribution in [2.45, 2.75) is 40.0 Å². The molecule has 1 aliphatic rings. The maximum Gasteiger partial charge on any atom is 0.261 e. The lowest BCUT2D eigenvalue weighted by atomic mass is 9.82. The zero-order chi connectivity index (χ0) is 28.4. The summed E-state index contributed by atoms with van der Waals surface area (Å²) < 4.78 is 0. The summed E-state index contributed by atoms with van der Waals surface area (Å²) in [5.41, 5.74) is 3.57. The molecule has 42 heavy (non-hydrogen) atoms. The molecule has 0 bridgehead atoms. The Hall–Kier alpha value is -4.83. The van der Waals surface area contributed by atoms with Crippen molar-refractivity contribution in [3.05, 3.63) is 89.2 Å². The van der Waals surface area contributed by atoms with Gasteiger partial charge in [0.2, 0.25) is 0 Å². The number of aromatic nitrogens is 1. The van der Waals surface area contributed by atoms with Gasteiger partial charge >= 0.3 is 0 Å². The molecule has 4 heteroatoms. The largest absolute Gasteiger partial charge is 0.274 e. The highest BCUT2D eigenvalue weighted by atomic mass is 16.2. The molecule has 4 nitrogen and oxygen atoms in total. The van der Waals surface area contributed by atoms with Crippen LogP contribution in [0.1, 0.15) is 58.2 Å². The third-order valence-electron chi connectivity index (χ3n) is 9.85. The van der Waals surface area contributed by atoms with Gasteiger partial charge in [-0.1, -0.05) is 68.3 Å². The van der Waals surface area contributed by atoms with Crippen LogP contribution in [-0.4, -0.2) is 28.2 Å². The second-order valence-electron chi connectivity index (χ2n) is 12.0. The van der Waals surface area contributed by atoms with Gasteiger partial charge in [-0.25, -0.2) is 0 Å². The first kappa shape index (κ1) is 23.8. The number of carbonyl (C=O) groups excluding carboxylic acids is 2. The van der Waals surface area contributed by atoms with Crippen LogP contribution in [0.5, 0.6) is 0 Å². The number of unbranched alkanes of at least 4 members (excludes halogenated alkanes) is 2. The monoisotopic (exact) mass is 544 g/mol. The fourth-order valence-corrected chi connectivity index (χ4v) is 7.97. The van der Waals surface area contributed by atoms with Crippen molar-refractivity contribution in [2.75, 3.05) is 6.54 Å². The Bertz CT molecular complexity index is 2330. The number of pyridine rings is 1. The minimum absolute atomic E-state index is 0.175. The van der Waals surface area contributed by atoms with Crippen LogP contribution >= 0.6 is 0 Å². The molecule has 2 heterocycles. The van der Waals surface area contributed by atoms with Crippen LogP contribution in [0.4, 0.5) is 0 Å². The van der Waals surface area contributed by atoms with E-state index in [4.69, 9.17) is 4.98 Å². The molecule has 2 amide bonds. The molecule has 0 saturated heterocycles. The predicted molar refractivity (Wildman–Crippen MR) is 174 cm³/mol. The van der Waals surface area contributed by atoms with Crippen LogP contribution in [0.15, 0.2) is 66.9 Å². The van der Waals surface area contributed by atoms with E-state index in [0.717, 1.165) is 57.3 Å². The highest BCUT2D eigenvalue weighted by Crippen LogP contribution is 2.49. The van der Waals surface area contributed by atoms with Gasteiger partial charge in [0.1, 0.15) is 0 Å². The molecule has 0 fully saturated rings. The third kappa shape index (κ3) is 2.75. The Morgan fingerprint density at radius 3 is 1.55 bits per heavy atom. The van der Waals surface area contributed by atoms with Gasteiger partial charge < -0.3 is 0 Å². The van der Waals surface area contributed by atoms with Crippen LogP contribution < -0.4 is 0 Å². The summed E-state index contributed by atoms with van der Waals surface area (Å²) in [6.45, 7) is 6.86. The molecule has 1 aromatic heterocycles. The Morgan fingerprint density at radius 1 is 0.548 bits per heavy atom. The number of fused-ring (bicyclic) bond motifs is 4. The van der Waals surface area contributed by atoms with Gasteiger partial charge in [0.05, 0.1) is 0 Å². The summed E-state index contributed by atoms with van der Waals surface area (Å²) in [7, 11) is 0. The molecule has 0 radical (unpaired) electrons. The lowest BCUT2D eigenvalue weighted by molar-refractivity contribution is 0.0608.